The molecule has 0 aliphatic heterocycles. The summed E-state index contributed by atoms with van der Waals surface area (Å²) in [6.07, 6.45) is -1.22. The minimum atomic E-state index is -1.78. The summed E-state index contributed by atoms with van der Waals surface area (Å²) in [5.41, 5.74) is 16.8. The summed E-state index contributed by atoms with van der Waals surface area (Å²) in [6.45, 7) is 4.43. The van der Waals surface area contributed by atoms with Crippen molar-refractivity contribution in [2.75, 3.05) is 26.3 Å². The molecule has 24 heteroatoms. The van der Waals surface area contributed by atoms with Crippen molar-refractivity contribution < 1.29 is 63.6 Å². The number of hydrogen-bond donors (Lipinski definition) is 14. The van der Waals surface area contributed by atoms with Gasteiger partial charge < -0.3 is 74.8 Å². The second kappa shape index (κ2) is 28.2. The Morgan fingerprint density at radius 1 is 0.619 bits per heavy atom. The van der Waals surface area contributed by atoms with Crippen LogP contribution in [0.15, 0.2) is 35.3 Å². The molecule has 7 atom stereocenters. The number of carbonyl (C=O) groups is 9. The van der Waals surface area contributed by atoms with Crippen molar-refractivity contribution in [3.8, 4) is 0 Å². The molecule has 0 aliphatic carbocycles. The Bertz CT molecular complexity index is 1740. The lowest BCUT2D eigenvalue weighted by atomic mass is 9.98. The number of carbonyl (C=O) groups excluding carboxylic acids is 7. The average Bonchev–Trinajstić information content (AvgIpc) is 3.22. The fraction of sp³-hybridized carbons (Fsp3) is 0.590. The van der Waals surface area contributed by atoms with Gasteiger partial charge in [0.05, 0.1) is 19.8 Å². The van der Waals surface area contributed by atoms with Crippen LogP contribution in [-0.2, 0) is 49.6 Å². The Balaban J connectivity index is 3.45. The highest BCUT2D eigenvalue weighted by Gasteiger charge is 2.35. The highest BCUT2D eigenvalue weighted by molar-refractivity contribution is 5.97. The number of aliphatic imine (C=N–C) groups is 1. The van der Waals surface area contributed by atoms with Crippen LogP contribution in [0.1, 0.15) is 65.4 Å². The van der Waals surface area contributed by atoms with E-state index in [-0.39, 0.29) is 44.1 Å². The Morgan fingerprint density at radius 2 is 1.11 bits per heavy atom. The minimum Gasteiger partial charge on any atom is -0.481 e. The summed E-state index contributed by atoms with van der Waals surface area (Å²) in [4.78, 5) is 120. The number of amides is 7. The normalized spacial score (nSPS) is 14.3. The molecule has 1 aromatic carbocycles. The molecule has 0 aromatic heterocycles. The molecule has 0 saturated carbocycles. The highest BCUT2D eigenvalue weighted by atomic mass is 16.4. The van der Waals surface area contributed by atoms with Gasteiger partial charge in [0.2, 0.25) is 41.4 Å². The summed E-state index contributed by atoms with van der Waals surface area (Å²) in [7, 11) is 0. The molecule has 24 nitrogen and oxygen atoms in total. The molecular formula is C39H63N11O13. The maximum atomic E-state index is 14.0. The lowest BCUT2D eigenvalue weighted by molar-refractivity contribution is -0.144. The van der Waals surface area contributed by atoms with Gasteiger partial charge in [-0.05, 0) is 43.1 Å². The van der Waals surface area contributed by atoms with E-state index < -0.39 is 134 Å². The first kappa shape index (κ1) is 54.6. The van der Waals surface area contributed by atoms with Crippen molar-refractivity contribution >= 4 is 59.2 Å². The maximum Gasteiger partial charge on any atom is 0.328 e. The first-order valence-electron chi connectivity index (χ1n) is 20.2. The monoisotopic (exact) mass is 893 g/mol. The average molecular weight is 894 g/mol. The number of aliphatic hydroxyl groups is 2. The van der Waals surface area contributed by atoms with E-state index in [1.165, 1.54) is 0 Å². The zero-order valence-electron chi connectivity index (χ0n) is 35.8. The summed E-state index contributed by atoms with van der Waals surface area (Å²) >= 11 is 0. The number of nitrogens with one attached hydrogen (secondary N) is 7. The molecule has 1 rings (SSSR count). The quantitative estimate of drug-likeness (QED) is 0.0204. The van der Waals surface area contributed by atoms with Gasteiger partial charge in [-0.25, -0.2) is 4.79 Å². The number of carboxylic acid groups (broad SMARTS) is 2. The molecule has 0 radical (unpaired) electrons. The van der Waals surface area contributed by atoms with E-state index >= 15 is 0 Å². The Labute approximate surface area is 364 Å². The standard InChI is InChI=1S/C39H63N11O13/c1-20(2)15-25(47-34(58)26(16-22-9-6-5-7-10-22)48-36(60)27(18-51)44-29(53)17-40)35(59)50-31(21(3)4)37(61)46-23(11-8-14-43-39(41)42)32(56)45-24(12-13-30(54)55)33(57)49-28(19-52)38(62)63/h5-7,9-10,20-21,23-28,31,51-52H,8,11-19,40H2,1-4H3,(H,44,53)(H,45,56)(H,46,61)(H,47,58)(H,48,60)(H,49,57)(H,50,59)(H,54,55)(H,62,63)(H4,41,42,43)/t23-,24-,25-,26-,27-,28-,31-/m0/s1. The fourth-order valence-corrected chi connectivity index (χ4v) is 5.84. The van der Waals surface area contributed by atoms with Crippen LogP contribution < -0.4 is 54.4 Å². The van der Waals surface area contributed by atoms with Crippen LogP contribution in [0.2, 0.25) is 0 Å². The molecule has 7 amide bonds. The van der Waals surface area contributed by atoms with E-state index in [9.17, 15) is 63.6 Å². The number of carboxylic acids is 2. The van der Waals surface area contributed by atoms with Crippen molar-refractivity contribution in [2.24, 2.45) is 34.0 Å². The van der Waals surface area contributed by atoms with Crippen LogP contribution >= 0.6 is 0 Å². The third-order valence-electron chi connectivity index (χ3n) is 9.18. The van der Waals surface area contributed by atoms with Gasteiger partial charge in [-0.2, -0.15) is 0 Å². The molecule has 0 unspecified atom stereocenters. The van der Waals surface area contributed by atoms with Crippen LogP contribution in [0.4, 0.5) is 0 Å². The number of aliphatic carboxylic acids is 2. The van der Waals surface area contributed by atoms with E-state index in [4.69, 9.17) is 17.2 Å². The van der Waals surface area contributed by atoms with Crippen molar-refractivity contribution in [2.45, 2.75) is 109 Å². The van der Waals surface area contributed by atoms with Gasteiger partial charge in [0, 0.05) is 19.4 Å². The second-order valence-corrected chi connectivity index (χ2v) is 15.3. The smallest absolute Gasteiger partial charge is 0.328 e. The Kier molecular flexibility index (Phi) is 24.5. The van der Waals surface area contributed by atoms with Crippen LogP contribution in [0, 0.1) is 11.8 Å². The maximum absolute atomic E-state index is 14.0. The summed E-state index contributed by atoms with van der Waals surface area (Å²) in [6, 6.07) is -1.72. The number of benzene rings is 1. The molecule has 17 N–H and O–H groups in total. The third-order valence-corrected chi connectivity index (χ3v) is 9.18. The second-order valence-electron chi connectivity index (χ2n) is 15.3. The zero-order valence-corrected chi connectivity index (χ0v) is 35.8. The van der Waals surface area contributed by atoms with Gasteiger partial charge in [-0.3, -0.25) is 43.3 Å². The molecule has 0 spiro atoms. The van der Waals surface area contributed by atoms with E-state index in [0.29, 0.717) is 5.56 Å². The van der Waals surface area contributed by atoms with Gasteiger partial charge in [0.15, 0.2) is 5.96 Å². The molecule has 1 aromatic rings. The molecule has 0 aliphatic rings. The number of aliphatic hydroxyl groups excluding tert-OH is 2. The Hall–Kier alpha value is -6.40. The van der Waals surface area contributed by atoms with Crippen LogP contribution in [0.3, 0.4) is 0 Å². The van der Waals surface area contributed by atoms with Crippen molar-refractivity contribution in [3.63, 3.8) is 0 Å². The molecule has 0 heterocycles. The highest BCUT2D eigenvalue weighted by Crippen LogP contribution is 2.12. The van der Waals surface area contributed by atoms with Crippen LogP contribution in [0.25, 0.3) is 0 Å². The van der Waals surface area contributed by atoms with Gasteiger partial charge in [-0.15, -0.1) is 0 Å². The van der Waals surface area contributed by atoms with E-state index in [1.807, 2.05) is 5.32 Å². The van der Waals surface area contributed by atoms with E-state index in [2.05, 4.69) is 36.9 Å². The lowest BCUT2D eigenvalue weighted by Gasteiger charge is -2.29. The van der Waals surface area contributed by atoms with Gasteiger partial charge in [-0.1, -0.05) is 58.0 Å². The first-order chi connectivity index (χ1) is 29.6. The molecule has 0 bridgehead atoms. The third kappa shape index (κ3) is 20.8. The van der Waals surface area contributed by atoms with Crippen molar-refractivity contribution in [3.05, 3.63) is 35.9 Å². The summed E-state index contributed by atoms with van der Waals surface area (Å²) in [5.74, 6) is -10.3. The predicted octanol–water partition coefficient (Wildman–Crippen LogP) is -4.73. The molecular weight excluding hydrogens is 830 g/mol. The molecule has 0 fully saturated rings. The number of nitrogens with zero attached hydrogens (tertiary/aromatic N) is 1. The van der Waals surface area contributed by atoms with Crippen LogP contribution in [-0.4, -0.2) is 148 Å². The van der Waals surface area contributed by atoms with Crippen LogP contribution in [0.5, 0.6) is 0 Å². The lowest BCUT2D eigenvalue weighted by Crippen LogP contribution is -2.61. The SMILES string of the molecule is CC(C)C[C@H](NC(=O)[C@H](Cc1ccccc1)NC(=O)[C@H](CO)NC(=O)CN)C(=O)N[C@H](C(=O)N[C@@H](CCCN=C(N)N)C(=O)N[C@@H](CCC(=O)O)C(=O)N[C@@H](CO)C(=O)O)C(C)C. The largest absolute Gasteiger partial charge is 0.481 e. The number of nitrogens with two attached hydrogens (primary N) is 3. The molecule has 0 saturated heterocycles. The van der Waals surface area contributed by atoms with Crippen molar-refractivity contribution in [1.29, 1.82) is 0 Å². The fourth-order valence-electron chi connectivity index (χ4n) is 5.84. The molecule has 63 heavy (non-hydrogen) atoms. The number of hydrogen-bond acceptors (Lipinski definition) is 13. The number of guanidine groups is 1. The van der Waals surface area contributed by atoms with E-state index in [1.54, 1.807) is 58.0 Å². The summed E-state index contributed by atoms with van der Waals surface area (Å²) in [5, 5.41) is 54.6. The topological polar surface area (TPSA) is 409 Å². The van der Waals surface area contributed by atoms with Crippen molar-refractivity contribution in [1.82, 2.24) is 37.2 Å². The van der Waals surface area contributed by atoms with E-state index in [0.717, 1.165) is 0 Å². The molecule has 352 valence electrons. The first-order valence-corrected chi connectivity index (χ1v) is 20.2. The minimum absolute atomic E-state index is 0.00264. The Morgan fingerprint density at radius 3 is 1.62 bits per heavy atom. The summed E-state index contributed by atoms with van der Waals surface area (Å²) < 4.78 is 0. The number of rotatable bonds is 29. The zero-order chi connectivity index (χ0) is 47.8. The predicted molar refractivity (Wildman–Crippen MR) is 226 cm³/mol. The van der Waals surface area contributed by atoms with Gasteiger partial charge >= 0.3 is 11.9 Å². The van der Waals surface area contributed by atoms with Gasteiger partial charge in [0.25, 0.3) is 0 Å². The van der Waals surface area contributed by atoms with Gasteiger partial charge in [0.1, 0.15) is 42.3 Å².